The molecule has 148 valence electrons. The first-order valence-electron chi connectivity index (χ1n) is 7.79. The maximum Gasteiger partial charge on any atom is 0.416 e. The third-order valence-electron chi connectivity index (χ3n) is 4.07. The summed E-state index contributed by atoms with van der Waals surface area (Å²) in [6, 6.07) is 1.13. The minimum atomic E-state index is -4.97. The summed E-state index contributed by atoms with van der Waals surface area (Å²) in [4.78, 5) is 13.1. The lowest BCUT2D eigenvalue weighted by Crippen LogP contribution is -2.24. The molecule has 3 N–H and O–H groups in total. The van der Waals surface area contributed by atoms with Gasteiger partial charge in [0.15, 0.2) is 5.82 Å². The first kappa shape index (κ1) is 19.4. The normalized spacial score (nSPS) is 15.4. The predicted octanol–water partition coefficient (Wildman–Crippen LogP) is 4.01. The molecule has 0 unspecified atom stereocenters. The molecule has 0 saturated carbocycles. The second kappa shape index (κ2) is 6.66. The van der Waals surface area contributed by atoms with Crippen LogP contribution in [0.5, 0.6) is 0 Å². The highest BCUT2D eigenvalue weighted by molar-refractivity contribution is 7.14. The van der Waals surface area contributed by atoms with Crippen LogP contribution in [0.2, 0.25) is 0 Å². The van der Waals surface area contributed by atoms with E-state index >= 15 is 0 Å². The fourth-order valence-electron chi connectivity index (χ4n) is 2.79. The Labute approximate surface area is 153 Å². The van der Waals surface area contributed by atoms with E-state index in [1.54, 1.807) is 0 Å². The molecule has 1 saturated heterocycles. The van der Waals surface area contributed by atoms with Crippen molar-refractivity contribution >= 4 is 27.8 Å². The number of thiazole rings is 1. The van der Waals surface area contributed by atoms with E-state index in [0.29, 0.717) is 34.9 Å². The second-order valence-corrected chi connectivity index (χ2v) is 6.95. The third kappa shape index (κ3) is 3.99. The van der Waals surface area contributed by atoms with Gasteiger partial charge in [-0.05, 0) is 31.0 Å². The number of hydrogen-bond donors (Lipinski definition) is 2. The van der Waals surface area contributed by atoms with Crippen LogP contribution in [0.4, 0.5) is 42.8 Å². The van der Waals surface area contributed by atoms with E-state index in [9.17, 15) is 31.1 Å². The summed E-state index contributed by atoms with van der Waals surface area (Å²) in [6.45, 7) is 1.23. The van der Waals surface area contributed by atoms with Gasteiger partial charge in [0.2, 0.25) is 0 Å². The topological polar surface area (TPSA) is 63.3 Å². The Morgan fingerprint density at radius 3 is 1.96 bits per heavy atom. The van der Waals surface area contributed by atoms with Crippen molar-refractivity contribution in [3.05, 3.63) is 39.0 Å². The monoisotopic (exact) mass is 412 g/mol. The van der Waals surface area contributed by atoms with Gasteiger partial charge in [-0.3, -0.25) is 4.79 Å². The first-order chi connectivity index (χ1) is 12.5. The number of rotatable bonds is 3. The molecule has 1 fully saturated rings. The molecule has 2 heterocycles. The van der Waals surface area contributed by atoms with Crippen LogP contribution in [0, 0.1) is 0 Å². The third-order valence-corrected chi connectivity index (χ3v) is 5.08. The smallest absolute Gasteiger partial charge is 0.360 e. The summed E-state index contributed by atoms with van der Waals surface area (Å²) in [6.07, 6.45) is -8.21. The largest absolute Gasteiger partial charge is 0.416 e. The molecule has 12 heteroatoms. The van der Waals surface area contributed by atoms with Crippen LogP contribution in [-0.2, 0) is 12.4 Å². The summed E-state index contributed by atoms with van der Waals surface area (Å²) in [7, 11) is 0. The van der Waals surface area contributed by atoms with Crippen LogP contribution < -0.4 is 20.9 Å². The van der Waals surface area contributed by atoms with Crippen molar-refractivity contribution in [2.75, 3.05) is 29.1 Å². The number of anilines is 3. The Morgan fingerprint density at radius 2 is 1.48 bits per heavy atom. The Kier molecular flexibility index (Phi) is 4.78. The van der Waals surface area contributed by atoms with Gasteiger partial charge < -0.3 is 16.1 Å². The van der Waals surface area contributed by atoms with Gasteiger partial charge in [0.1, 0.15) is 5.00 Å². The molecule has 0 bridgehead atoms. The van der Waals surface area contributed by atoms with E-state index in [2.05, 4.69) is 5.32 Å². The molecule has 0 aliphatic carbocycles. The molecular weight excluding hydrogens is 398 g/mol. The standard InChI is InChI=1S/C15H14F6N4OS/c16-14(17,18)8-5-9(15(19,20)21)7-10(6-8)23-11-12(24-3-1-2-4-24)27-13(26)25(11)22/h5-7,23H,1-4,22H2. The molecular formula is C15H14F6N4OS. The van der Waals surface area contributed by atoms with Crippen LogP contribution in [-0.4, -0.2) is 17.8 Å². The number of halogens is 6. The van der Waals surface area contributed by atoms with Gasteiger partial charge in [0.25, 0.3) is 0 Å². The van der Waals surface area contributed by atoms with Crippen LogP contribution in [0.15, 0.2) is 23.0 Å². The van der Waals surface area contributed by atoms with Gasteiger partial charge in [-0.25, -0.2) is 0 Å². The lowest BCUT2D eigenvalue weighted by atomic mass is 10.1. The van der Waals surface area contributed by atoms with Crippen molar-refractivity contribution < 1.29 is 26.3 Å². The number of hydrogen-bond acceptors (Lipinski definition) is 5. The molecule has 1 aliphatic heterocycles. The van der Waals surface area contributed by atoms with Crippen molar-refractivity contribution in [1.82, 2.24) is 4.68 Å². The predicted molar refractivity (Wildman–Crippen MR) is 89.9 cm³/mol. The van der Waals surface area contributed by atoms with E-state index < -0.39 is 34.0 Å². The minimum absolute atomic E-state index is 0.0374. The first-order valence-corrected chi connectivity index (χ1v) is 8.61. The molecule has 1 aromatic carbocycles. The maximum absolute atomic E-state index is 13.0. The summed E-state index contributed by atoms with van der Waals surface area (Å²) in [5.41, 5.74) is -3.37. The van der Waals surface area contributed by atoms with E-state index in [0.717, 1.165) is 24.2 Å². The quantitative estimate of drug-likeness (QED) is 0.591. The van der Waals surface area contributed by atoms with Crippen molar-refractivity contribution in [3.63, 3.8) is 0 Å². The zero-order chi connectivity index (χ0) is 20.0. The fourth-order valence-corrected chi connectivity index (χ4v) is 3.70. The zero-order valence-electron chi connectivity index (χ0n) is 13.6. The molecule has 2 aromatic rings. The number of nitrogen functional groups attached to an aromatic ring is 1. The molecule has 0 atom stereocenters. The summed E-state index contributed by atoms with van der Waals surface area (Å²) in [5, 5.41) is 2.85. The van der Waals surface area contributed by atoms with Gasteiger partial charge in [0.05, 0.1) is 11.1 Å². The lowest BCUT2D eigenvalue weighted by molar-refractivity contribution is -0.143. The molecule has 27 heavy (non-hydrogen) atoms. The van der Waals surface area contributed by atoms with Gasteiger partial charge in [-0.15, -0.1) is 0 Å². The number of aromatic nitrogens is 1. The molecule has 0 spiro atoms. The van der Waals surface area contributed by atoms with E-state index in [1.165, 1.54) is 0 Å². The summed E-state index contributed by atoms with van der Waals surface area (Å²) < 4.78 is 78.7. The zero-order valence-corrected chi connectivity index (χ0v) is 14.4. The van der Waals surface area contributed by atoms with Crippen LogP contribution in [0.1, 0.15) is 24.0 Å². The van der Waals surface area contributed by atoms with Gasteiger partial charge in [-0.1, -0.05) is 11.3 Å². The summed E-state index contributed by atoms with van der Waals surface area (Å²) in [5.74, 6) is 5.61. The van der Waals surface area contributed by atoms with Crippen LogP contribution in [0.25, 0.3) is 0 Å². The van der Waals surface area contributed by atoms with E-state index in [1.807, 2.05) is 4.90 Å². The Morgan fingerprint density at radius 1 is 0.963 bits per heavy atom. The van der Waals surface area contributed by atoms with Crippen molar-refractivity contribution in [1.29, 1.82) is 0 Å². The average molecular weight is 412 g/mol. The van der Waals surface area contributed by atoms with E-state index in [4.69, 9.17) is 5.84 Å². The molecule has 1 aliphatic rings. The number of benzene rings is 1. The Bertz CT molecular complexity index is 863. The highest BCUT2D eigenvalue weighted by Gasteiger charge is 2.37. The van der Waals surface area contributed by atoms with Crippen molar-refractivity contribution in [2.45, 2.75) is 25.2 Å². The minimum Gasteiger partial charge on any atom is -0.360 e. The van der Waals surface area contributed by atoms with Crippen LogP contribution in [0.3, 0.4) is 0 Å². The Hall–Kier alpha value is -2.37. The maximum atomic E-state index is 13.0. The highest BCUT2D eigenvalue weighted by atomic mass is 32.1. The highest BCUT2D eigenvalue weighted by Crippen LogP contribution is 2.39. The van der Waals surface area contributed by atoms with E-state index in [-0.39, 0.29) is 11.9 Å². The molecule has 0 radical (unpaired) electrons. The SMILES string of the molecule is Nn1c(Nc2cc(C(F)(F)F)cc(C(F)(F)F)c2)c(N2CCCC2)sc1=O. The molecule has 0 amide bonds. The van der Waals surface area contributed by atoms with Crippen molar-refractivity contribution in [3.8, 4) is 0 Å². The molecule has 1 aromatic heterocycles. The number of nitrogens with two attached hydrogens (primary N) is 1. The number of nitrogens with one attached hydrogen (secondary N) is 1. The second-order valence-electron chi connectivity index (χ2n) is 6.01. The molecule has 5 nitrogen and oxygen atoms in total. The average Bonchev–Trinajstić information content (AvgIpc) is 3.17. The van der Waals surface area contributed by atoms with Crippen molar-refractivity contribution in [2.24, 2.45) is 0 Å². The van der Waals surface area contributed by atoms with Gasteiger partial charge in [0, 0.05) is 18.8 Å². The summed E-state index contributed by atoms with van der Waals surface area (Å²) >= 11 is 0.778. The number of alkyl halides is 6. The van der Waals surface area contributed by atoms with Crippen LogP contribution >= 0.6 is 11.3 Å². The lowest BCUT2D eigenvalue weighted by Gasteiger charge is -2.19. The molecule has 3 rings (SSSR count). The van der Waals surface area contributed by atoms with Gasteiger partial charge >= 0.3 is 17.2 Å². The number of nitrogens with zero attached hydrogens (tertiary/aromatic N) is 2. The van der Waals surface area contributed by atoms with Gasteiger partial charge in [-0.2, -0.15) is 31.0 Å². The fraction of sp³-hybridized carbons (Fsp3) is 0.400. The Balaban J connectivity index is 2.07.